The molecule has 0 aliphatic rings. The van der Waals surface area contributed by atoms with Gasteiger partial charge in [-0.1, -0.05) is 11.2 Å². The maximum absolute atomic E-state index is 4.99. The molecule has 0 spiro atoms. The van der Waals surface area contributed by atoms with E-state index in [4.69, 9.17) is 4.52 Å². The standard InChI is InChI=1S/C12H15N3O/c1-9-4-3-5-14-12(9)8-13-7-11-6-10(2)16-15-11/h3-6,13H,7-8H2,1-2H3. The maximum atomic E-state index is 4.99. The van der Waals surface area contributed by atoms with E-state index >= 15 is 0 Å². The van der Waals surface area contributed by atoms with Gasteiger partial charge in [0.2, 0.25) is 0 Å². The first-order valence-corrected chi connectivity index (χ1v) is 5.29. The normalized spacial score (nSPS) is 10.6. The van der Waals surface area contributed by atoms with Crippen LogP contribution in [0.5, 0.6) is 0 Å². The summed E-state index contributed by atoms with van der Waals surface area (Å²) in [5, 5.41) is 7.20. The summed E-state index contributed by atoms with van der Waals surface area (Å²) in [6.45, 7) is 5.40. The summed E-state index contributed by atoms with van der Waals surface area (Å²) >= 11 is 0. The van der Waals surface area contributed by atoms with E-state index in [-0.39, 0.29) is 0 Å². The van der Waals surface area contributed by atoms with Crippen molar-refractivity contribution in [2.24, 2.45) is 0 Å². The molecule has 0 amide bonds. The number of pyridine rings is 1. The topological polar surface area (TPSA) is 51.0 Å². The molecule has 2 aromatic rings. The summed E-state index contributed by atoms with van der Waals surface area (Å²) in [4.78, 5) is 4.31. The molecule has 0 radical (unpaired) electrons. The molecule has 2 aromatic heterocycles. The lowest BCUT2D eigenvalue weighted by Crippen LogP contribution is -2.14. The highest BCUT2D eigenvalue weighted by Gasteiger charge is 2.01. The van der Waals surface area contributed by atoms with Crippen LogP contribution in [0, 0.1) is 13.8 Å². The molecule has 0 bridgehead atoms. The molecule has 84 valence electrons. The monoisotopic (exact) mass is 217 g/mol. The van der Waals surface area contributed by atoms with Crippen molar-refractivity contribution in [3.05, 3.63) is 47.1 Å². The summed E-state index contributed by atoms with van der Waals surface area (Å²) in [7, 11) is 0. The van der Waals surface area contributed by atoms with Crippen molar-refractivity contribution in [2.45, 2.75) is 26.9 Å². The molecule has 0 aliphatic heterocycles. The van der Waals surface area contributed by atoms with E-state index < -0.39 is 0 Å². The van der Waals surface area contributed by atoms with Crippen LogP contribution in [0.15, 0.2) is 28.9 Å². The van der Waals surface area contributed by atoms with Gasteiger partial charge in [-0.15, -0.1) is 0 Å². The quantitative estimate of drug-likeness (QED) is 0.850. The second-order valence-corrected chi connectivity index (χ2v) is 3.80. The van der Waals surface area contributed by atoms with Crippen LogP contribution in [0.1, 0.15) is 22.7 Å². The lowest BCUT2D eigenvalue weighted by atomic mass is 10.2. The highest BCUT2D eigenvalue weighted by atomic mass is 16.5. The Labute approximate surface area is 94.7 Å². The molecule has 0 unspecified atom stereocenters. The second kappa shape index (κ2) is 4.90. The molecule has 0 fully saturated rings. The van der Waals surface area contributed by atoms with Gasteiger partial charge in [-0.2, -0.15) is 0 Å². The van der Waals surface area contributed by atoms with Gasteiger partial charge in [0.25, 0.3) is 0 Å². The molecular weight excluding hydrogens is 202 g/mol. The minimum absolute atomic E-state index is 0.702. The zero-order valence-electron chi connectivity index (χ0n) is 9.53. The fourth-order valence-electron chi connectivity index (χ4n) is 1.51. The number of nitrogens with zero attached hydrogens (tertiary/aromatic N) is 2. The average Bonchev–Trinajstić information content (AvgIpc) is 2.67. The molecule has 0 atom stereocenters. The fraction of sp³-hybridized carbons (Fsp3) is 0.333. The van der Waals surface area contributed by atoms with Crippen molar-refractivity contribution in [3.63, 3.8) is 0 Å². The Hall–Kier alpha value is -1.68. The van der Waals surface area contributed by atoms with Gasteiger partial charge in [0, 0.05) is 25.4 Å². The summed E-state index contributed by atoms with van der Waals surface area (Å²) < 4.78 is 4.99. The largest absolute Gasteiger partial charge is 0.361 e. The number of aromatic nitrogens is 2. The van der Waals surface area contributed by atoms with Gasteiger partial charge in [-0.25, -0.2) is 0 Å². The number of hydrogen-bond donors (Lipinski definition) is 1. The number of rotatable bonds is 4. The Bertz CT molecular complexity index is 465. The van der Waals surface area contributed by atoms with Crippen LogP contribution >= 0.6 is 0 Å². The molecule has 0 saturated heterocycles. The number of hydrogen-bond acceptors (Lipinski definition) is 4. The lowest BCUT2D eigenvalue weighted by Gasteiger charge is -2.04. The first-order chi connectivity index (χ1) is 7.75. The minimum Gasteiger partial charge on any atom is -0.361 e. The zero-order chi connectivity index (χ0) is 11.4. The van der Waals surface area contributed by atoms with Crippen LogP contribution in [0.2, 0.25) is 0 Å². The van der Waals surface area contributed by atoms with Gasteiger partial charge in [0.1, 0.15) is 5.76 Å². The second-order valence-electron chi connectivity index (χ2n) is 3.80. The van der Waals surface area contributed by atoms with Crippen molar-refractivity contribution in [3.8, 4) is 0 Å². The summed E-state index contributed by atoms with van der Waals surface area (Å²) in [6, 6.07) is 5.93. The van der Waals surface area contributed by atoms with Crippen LogP contribution < -0.4 is 5.32 Å². The molecule has 4 heteroatoms. The van der Waals surface area contributed by atoms with Crippen molar-refractivity contribution in [2.75, 3.05) is 0 Å². The fourth-order valence-corrected chi connectivity index (χ4v) is 1.51. The predicted octanol–water partition coefficient (Wildman–Crippen LogP) is 1.98. The Morgan fingerprint density at radius 1 is 1.31 bits per heavy atom. The third-order valence-electron chi connectivity index (χ3n) is 2.39. The van der Waals surface area contributed by atoms with E-state index in [0.717, 1.165) is 23.7 Å². The van der Waals surface area contributed by atoms with Gasteiger partial charge in [-0.05, 0) is 25.5 Å². The van der Waals surface area contributed by atoms with Crippen LogP contribution in [-0.2, 0) is 13.1 Å². The third-order valence-corrected chi connectivity index (χ3v) is 2.39. The van der Waals surface area contributed by atoms with Gasteiger partial charge in [0.05, 0.1) is 11.4 Å². The van der Waals surface area contributed by atoms with Crippen molar-refractivity contribution in [1.29, 1.82) is 0 Å². The summed E-state index contributed by atoms with van der Waals surface area (Å²) in [5.74, 6) is 0.839. The molecular formula is C12H15N3O. The first kappa shape index (κ1) is 10.8. The van der Waals surface area contributed by atoms with Gasteiger partial charge >= 0.3 is 0 Å². The van der Waals surface area contributed by atoms with Gasteiger partial charge in [0.15, 0.2) is 0 Å². The number of aryl methyl sites for hydroxylation is 2. The van der Waals surface area contributed by atoms with E-state index in [1.807, 2.05) is 25.3 Å². The predicted molar refractivity (Wildman–Crippen MR) is 60.8 cm³/mol. The minimum atomic E-state index is 0.702. The van der Waals surface area contributed by atoms with Crippen molar-refractivity contribution < 1.29 is 4.52 Å². The Balaban J connectivity index is 1.87. The Kier molecular flexibility index (Phi) is 3.31. The Morgan fingerprint density at radius 2 is 2.19 bits per heavy atom. The van der Waals surface area contributed by atoms with Crippen molar-refractivity contribution in [1.82, 2.24) is 15.5 Å². The summed E-state index contributed by atoms with van der Waals surface area (Å²) in [5.41, 5.74) is 3.19. The highest BCUT2D eigenvalue weighted by Crippen LogP contribution is 2.04. The first-order valence-electron chi connectivity index (χ1n) is 5.29. The molecule has 4 nitrogen and oxygen atoms in total. The Morgan fingerprint density at radius 3 is 2.88 bits per heavy atom. The highest BCUT2D eigenvalue weighted by molar-refractivity contribution is 5.17. The molecule has 2 rings (SSSR count). The number of nitrogens with one attached hydrogen (secondary N) is 1. The SMILES string of the molecule is Cc1cc(CNCc2ncccc2C)no1. The molecule has 0 aliphatic carbocycles. The van der Waals surface area contributed by atoms with Crippen LogP contribution in [0.25, 0.3) is 0 Å². The van der Waals surface area contributed by atoms with Gasteiger partial charge < -0.3 is 9.84 Å². The van der Waals surface area contributed by atoms with Crippen molar-refractivity contribution >= 4 is 0 Å². The van der Waals surface area contributed by atoms with E-state index in [1.165, 1.54) is 5.56 Å². The molecule has 0 aromatic carbocycles. The molecule has 2 heterocycles. The molecule has 16 heavy (non-hydrogen) atoms. The zero-order valence-corrected chi connectivity index (χ0v) is 9.53. The third kappa shape index (κ3) is 2.67. The average molecular weight is 217 g/mol. The molecule has 1 N–H and O–H groups in total. The van der Waals surface area contributed by atoms with E-state index in [2.05, 4.69) is 28.4 Å². The smallest absolute Gasteiger partial charge is 0.133 e. The van der Waals surface area contributed by atoms with Crippen LogP contribution in [-0.4, -0.2) is 10.1 Å². The van der Waals surface area contributed by atoms with Crippen LogP contribution in [0.4, 0.5) is 0 Å². The lowest BCUT2D eigenvalue weighted by molar-refractivity contribution is 0.388. The molecule has 0 saturated carbocycles. The van der Waals surface area contributed by atoms with Gasteiger partial charge in [-0.3, -0.25) is 4.98 Å². The summed E-state index contributed by atoms with van der Waals surface area (Å²) in [6.07, 6.45) is 1.81. The van der Waals surface area contributed by atoms with E-state index in [9.17, 15) is 0 Å². The van der Waals surface area contributed by atoms with Crippen LogP contribution in [0.3, 0.4) is 0 Å². The maximum Gasteiger partial charge on any atom is 0.133 e. The van der Waals surface area contributed by atoms with E-state index in [0.29, 0.717) is 6.54 Å². The van der Waals surface area contributed by atoms with E-state index in [1.54, 1.807) is 0 Å².